The van der Waals surface area contributed by atoms with Gasteiger partial charge >= 0.3 is 5.97 Å². The van der Waals surface area contributed by atoms with E-state index in [1.54, 1.807) is 13.8 Å². The summed E-state index contributed by atoms with van der Waals surface area (Å²) in [6.07, 6.45) is 0.854. The molecule has 20 heavy (non-hydrogen) atoms. The Labute approximate surface area is 121 Å². The number of carbonyl (C=O) groups is 2. The van der Waals surface area contributed by atoms with E-state index in [0.717, 1.165) is 0 Å². The van der Waals surface area contributed by atoms with Crippen molar-refractivity contribution < 1.29 is 19.2 Å². The van der Waals surface area contributed by atoms with Crippen molar-refractivity contribution in [1.82, 2.24) is 0 Å². The van der Waals surface area contributed by atoms with E-state index >= 15 is 0 Å². The van der Waals surface area contributed by atoms with Gasteiger partial charge in [0.25, 0.3) is 0 Å². The number of allylic oxidation sites excluding steroid dienone is 2. The highest BCUT2D eigenvalue weighted by Crippen LogP contribution is 2.36. The molecule has 0 amide bonds. The lowest BCUT2D eigenvalue weighted by Gasteiger charge is -2.29. The van der Waals surface area contributed by atoms with Crippen molar-refractivity contribution in [3.8, 4) is 0 Å². The van der Waals surface area contributed by atoms with Crippen LogP contribution in [0.1, 0.15) is 40.5 Å². The van der Waals surface area contributed by atoms with E-state index in [0.29, 0.717) is 24.1 Å². The second kappa shape index (κ2) is 6.49. The highest BCUT2D eigenvalue weighted by atomic mass is 31.0. The molecule has 0 radical (unpaired) electrons. The summed E-state index contributed by atoms with van der Waals surface area (Å²) in [6, 6.07) is 0. The monoisotopic (exact) mass is 299 g/mol. The standard InChI is InChI=1S/C14H22NO4P/c1-8(13(18)19-20)7-15-9(2)12-10(16)5-14(3,4)6-11(12)17/h8,16H,5-7,20H2,1-4H3. The van der Waals surface area contributed by atoms with Crippen LogP contribution in [0.2, 0.25) is 0 Å². The molecule has 1 aliphatic rings. The van der Waals surface area contributed by atoms with Crippen LogP contribution in [-0.2, 0) is 14.1 Å². The van der Waals surface area contributed by atoms with E-state index in [1.807, 2.05) is 23.3 Å². The van der Waals surface area contributed by atoms with Gasteiger partial charge in [-0.1, -0.05) is 20.8 Å². The van der Waals surface area contributed by atoms with E-state index in [4.69, 9.17) is 0 Å². The molecule has 0 aromatic rings. The van der Waals surface area contributed by atoms with Gasteiger partial charge in [0.15, 0.2) is 5.78 Å². The lowest BCUT2D eigenvalue weighted by atomic mass is 9.76. The smallest absolute Gasteiger partial charge is 0.312 e. The molecule has 0 aromatic carbocycles. The lowest BCUT2D eigenvalue weighted by Crippen LogP contribution is -2.28. The van der Waals surface area contributed by atoms with Gasteiger partial charge in [-0.3, -0.25) is 14.6 Å². The van der Waals surface area contributed by atoms with Crippen molar-refractivity contribution in [1.29, 1.82) is 0 Å². The Morgan fingerprint density at radius 1 is 1.50 bits per heavy atom. The Morgan fingerprint density at radius 2 is 2.10 bits per heavy atom. The van der Waals surface area contributed by atoms with Crippen LogP contribution in [0, 0.1) is 11.3 Å². The van der Waals surface area contributed by atoms with Gasteiger partial charge < -0.3 is 9.63 Å². The SMILES string of the molecule is CC(=NCC(C)C(=O)OP)C1=C(O)CC(C)(C)CC1=O. The van der Waals surface area contributed by atoms with Crippen LogP contribution in [0.25, 0.3) is 0 Å². The molecule has 0 spiro atoms. The van der Waals surface area contributed by atoms with Gasteiger partial charge in [0, 0.05) is 18.6 Å². The Bertz CT molecular complexity index is 480. The molecule has 1 aliphatic carbocycles. The molecule has 0 aromatic heterocycles. The predicted molar refractivity (Wildman–Crippen MR) is 80.6 cm³/mol. The van der Waals surface area contributed by atoms with E-state index in [9.17, 15) is 14.7 Å². The fourth-order valence-electron chi connectivity index (χ4n) is 2.24. The minimum Gasteiger partial charge on any atom is -0.511 e. The first-order chi connectivity index (χ1) is 9.18. The Kier molecular flexibility index (Phi) is 5.46. The van der Waals surface area contributed by atoms with E-state index in [2.05, 4.69) is 9.52 Å². The molecular weight excluding hydrogens is 277 g/mol. The second-order valence-electron chi connectivity index (χ2n) is 6.03. The Morgan fingerprint density at radius 3 is 2.60 bits per heavy atom. The van der Waals surface area contributed by atoms with Gasteiger partial charge in [-0.25, -0.2) is 0 Å². The number of ketones is 1. The normalized spacial score (nSPS) is 20.9. The zero-order valence-corrected chi connectivity index (χ0v) is 13.5. The maximum Gasteiger partial charge on any atom is 0.312 e. The third-order valence-electron chi connectivity index (χ3n) is 3.34. The molecule has 0 aliphatic heterocycles. The van der Waals surface area contributed by atoms with Crippen LogP contribution in [-0.4, -0.2) is 29.1 Å². The van der Waals surface area contributed by atoms with Crippen molar-refractivity contribution in [2.24, 2.45) is 16.3 Å². The fourth-order valence-corrected chi connectivity index (χ4v) is 2.47. The highest BCUT2D eigenvalue weighted by molar-refractivity contribution is 7.10. The fraction of sp³-hybridized carbons (Fsp3) is 0.643. The van der Waals surface area contributed by atoms with Crippen molar-refractivity contribution in [2.75, 3.05) is 6.54 Å². The number of aliphatic hydroxyl groups excluding tert-OH is 1. The third kappa shape index (κ3) is 4.14. The van der Waals surface area contributed by atoms with Crippen molar-refractivity contribution in [2.45, 2.75) is 40.5 Å². The zero-order valence-electron chi connectivity index (χ0n) is 12.4. The lowest BCUT2D eigenvalue weighted by molar-refractivity contribution is -0.136. The van der Waals surface area contributed by atoms with Crippen molar-refractivity contribution in [3.63, 3.8) is 0 Å². The number of hydrogen-bond donors (Lipinski definition) is 1. The predicted octanol–water partition coefficient (Wildman–Crippen LogP) is 2.62. The minimum atomic E-state index is -0.389. The molecule has 0 saturated heterocycles. The highest BCUT2D eigenvalue weighted by Gasteiger charge is 2.34. The molecule has 0 saturated carbocycles. The molecule has 2 atom stereocenters. The maximum absolute atomic E-state index is 12.1. The second-order valence-corrected chi connectivity index (χ2v) is 6.26. The number of rotatable bonds is 4. The first-order valence-electron chi connectivity index (χ1n) is 6.55. The average Bonchev–Trinajstić information content (AvgIpc) is 2.32. The maximum atomic E-state index is 12.1. The summed E-state index contributed by atoms with van der Waals surface area (Å²) >= 11 is 0. The average molecular weight is 299 g/mol. The summed E-state index contributed by atoms with van der Waals surface area (Å²) in [5.41, 5.74) is 0.559. The molecule has 0 heterocycles. The topological polar surface area (TPSA) is 76.0 Å². The summed E-state index contributed by atoms with van der Waals surface area (Å²) in [5.74, 6) is -0.767. The first kappa shape index (κ1) is 16.8. The molecule has 1 N–H and O–H groups in total. The van der Waals surface area contributed by atoms with Gasteiger partial charge in [0.05, 0.1) is 27.5 Å². The third-order valence-corrected chi connectivity index (χ3v) is 3.57. The molecule has 1 rings (SSSR count). The van der Waals surface area contributed by atoms with Gasteiger partial charge in [-0.15, -0.1) is 0 Å². The number of aliphatic hydroxyl groups is 1. The van der Waals surface area contributed by atoms with Gasteiger partial charge in [0.2, 0.25) is 0 Å². The Balaban J connectivity index is 2.88. The van der Waals surface area contributed by atoms with Crippen molar-refractivity contribution in [3.05, 3.63) is 11.3 Å². The largest absolute Gasteiger partial charge is 0.511 e. The summed E-state index contributed by atoms with van der Waals surface area (Å²) in [4.78, 5) is 27.6. The van der Waals surface area contributed by atoms with Crippen LogP contribution in [0.15, 0.2) is 16.3 Å². The molecule has 6 heteroatoms. The quantitative estimate of drug-likeness (QED) is 0.639. The molecule has 0 bridgehead atoms. The van der Waals surface area contributed by atoms with Gasteiger partial charge in [-0.05, 0) is 12.3 Å². The van der Waals surface area contributed by atoms with Crippen LogP contribution in [0.5, 0.6) is 0 Å². The van der Waals surface area contributed by atoms with Gasteiger partial charge in [-0.2, -0.15) is 0 Å². The molecule has 0 fully saturated rings. The summed E-state index contributed by atoms with van der Waals surface area (Å²) in [6.45, 7) is 7.50. The van der Waals surface area contributed by atoms with Crippen LogP contribution in [0.4, 0.5) is 0 Å². The number of Topliss-reactive ketones (excluding diaryl/α,β-unsaturated/α-hetero) is 1. The first-order valence-corrected chi connectivity index (χ1v) is 7.02. The zero-order chi connectivity index (χ0) is 15.5. The van der Waals surface area contributed by atoms with Crippen LogP contribution >= 0.6 is 9.47 Å². The molecule has 2 unspecified atom stereocenters. The van der Waals surface area contributed by atoms with Gasteiger partial charge in [0.1, 0.15) is 5.76 Å². The van der Waals surface area contributed by atoms with E-state index in [-0.39, 0.29) is 35.4 Å². The number of hydrogen-bond acceptors (Lipinski definition) is 5. The minimum absolute atomic E-state index is 0.0915. The number of nitrogens with zero attached hydrogens (tertiary/aromatic N) is 1. The molecular formula is C14H22NO4P. The van der Waals surface area contributed by atoms with E-state index < -0.39 is 0 Å². The van der Waals surface area contributed by atoms with Crippen LogP contribution < -0.4 is 0 Å². The van der Waals surface area contributed by atoms with Crippen LogP contribution in [0.3, 0.4) is 0 Å². The van der Waals surface area contributed by atoms with Crippen molar-refractivity contribution >= 4 is 26.9 Å². The number of aliphatic imine (C=N–C) groups is 1. The molecule has 112 valence electrons. The Hall–Kier alpha value is -1.22. The summed E-state index contributed by atoms with van der Waals surface area (Å²) < 4.78 is 4.54. The number of carbonyl (C=O) groups excluding carboxylic acids is 2. The molecule has 5 nitrogen and oxygen atoms in total. The summed E-state index contributed by atoms with van der Waals surface area (Å²) in [5, 5.41) is 10.0. The van der Waals surface area contributed by atoms with E-state index in [1.165, 1.54) is 0 Å². The summed E-state index contributed by atoms with van der Waals surface area (Å²) in [7, 11) is 1.91.